The molecule has 0 radical (unpaired) electrons. The Morgan fingerprint density at radius 2 is 2.00 bits per heavy atom. The van der Waals surface area contributed by atoms with Gasteiger partial charge < -0.3 is 10.0 Å². The molecular weight excluding hydrogens is 246 g/mol. The molecule has 1 aliphatic rings. The normalized spacial score (nSPS) is 14.3. The fourth-order valence-electron chi connectivity index (χ4n) is 2.28. The van der Waals surface area contributed by atoms with Gasteiger partial charge in [-0.3, -0.25) is 0 Å². The molecule has 1 aromatic carbocycles. The van der Waals surface area contributed by atoms with E-state index in [1.54, 1.807) is 12.1 Å². The number of hydrogen-bond donors (Lipinski definition) is 1. The van der Waals surface area contributed by atoms with Crippen molar-refractivity contribution < 1.29 is 9.90 Å². The van der Waals surface area contributed by atoms with Crippen LogP contribution in [0.1, 0.15) is 20.8 Å². The molecule has 1 aliphatic heterocycles. The number of nitrogens with zero attached hydrogens (tertiary/aromatic N) is 1. The van der Waals surface area contributed by atoms with Crippen molar-refractivity contribution in [1.82, 2.24) is 0 Å². The van der Waals surface area contributed by atoms with Crippen LogP contribution < -0.4 is 4.90 Å². The van der Waals surface area contributed by atoms with Crippen molar-refractivity contribution in [2.24, 2.45) is 0 Å². The van der Waals surface area contributed by atoms with Gasteiger partial charge in [0.05, 0.1) is 5.56 Å². The summed E-state index contributed by atoms with van der Waals surface area (Å²) in [6.45, 7) is 1.92. The molecule has 0 saturated heterocycles. The van der Waals surface area contributed by atoms with Crippen molar-refractivity contribution in [3.63, 3.8) is 0 Å². The lowest BCUT2D eigenvalue weighted by Crippen LogP contribution is -2.29. The Labute approximate surface area is 109 Å². The number of benzene rings is 1. The van der Waals surface area contributed by atoms with E-state index < -0.39 is 5.97 Å². The highest BCUT2D eigenvalue weighted by Crippen LogP contribution is 2.27. The summed E-state index contributed by atoms with van der Waals surface area (Å²) in [5.74, 6) is -0.875. The smallest absolute Gasteiger partial charge is 0.335 e. The number of carboxylic acids is 1. The molecule has 1 aromatic heterocycles. The van der Waals surface area contributed by atoms with Crippen molar-refractivity contribution in [3.05, 3.63) is 51.7 Å². The zero-order valence-electron chi connectivity index (χ0n) is 9.80. The molecule has 0 fully saturated rings. The Kier molecular flexibility index (Phi) is 2.80. The molecule has 2 aromatic rings. The quantitative estimate of drug-likeness (QED) is 0.901. The van der Waals surface area contributed by atoms with Crippen LogP contribution in [0.15, 0.2) is 35.7 Å². The van der Waals surface area contributed by atoms with E-state index in [9.17, 15) is 4.79 Å². The molecule has 0 unspecified atom stereocenters. The molecule has 0 spiro atoms. The molecule has 3 nitrogen and oxygen atoms in total. The van der Waals surface area contributed by atoms with E-state index in [2.05, 4.69) is 16.3 Å². The number of carboxylic acid groups (broad SMARTS) is 1. The molecule has 92 valence electrons. The summed E-state index contributed by atoms with van der Waals surface area (Å²) >= 11 is 1.82. The molecule has 0 amide bonds. The first kappa shape index (κ1) is 11.3. The second kappa shape index (κ2) is 4.46. The van der Waals surface area contributed by atoms with E-state index in [-0.39, 0.29) is 0 Å². The predicted octanol–water partition coefficient (Wildman–Crippen LogP) is 3.01. The van der Waals surface area contributed by atoms with E-state index >= 15 is 0 Å². The lowest BCUT2D eigenvalue weighted by Gasteiger charge is -2.29. The van der Waals surface area contributed by atoms with Crippen LogP contribution in [0, 0.1) is 0 Å². The molecule has 0 saturated carbocycles. The minimum absolute atomic E-state index is 0.340. The molecule has 2 heterocycles. The Hall–Kier alpha value is -1.81. The highest BCUT2D eigenvalue weighted by molar-refractivity contribution is 7.10. The van der Waals surface area contributed by atoms with Gasteiger partial charge >= 0.3 is 5.97 Å². The fourth-order valence-corrected chi connectivity index (χ4v) is 3.17. The molecule has 0 atom stereocenters. The lowest BCUT2D eigenvalue weighted by molar-refractivity contribution is 0.0697. The molecule has 1 N–H and O–H groups in total. The van der Waals surface area contributed by atoms with E-state index in [1.807, 2.05) is 23.5 Å². The minimum atomic E-state index is -0.875. The van der Waals surface area contributed by atoms with Crippen LogP contribution in [-0.4, -0.2) is 17.6 Å². The van der Waals surface area contributed by atoms with Gasteiger partial charge in [0.15, 0.2) is 0 Å². The van der Waals surface area contributed by atoms with Crippen LogP contribution >= 0.6 is 11.3 Å². The number of aromatic carboxylic acids is 1. The van der Waals surface area contributed by atoms with Gasteiger partial charge in [0, 0.05) is 23.7 Å². The van der Waals surface area contributed by atoms with Crippen molar-refractivity contribution in [1.29, 1.82) is 0 Å². The summed E-state index contributed by atoms with van der Waals surface area (Å²) in [6.07, 6.45) is 1.08. The van der Waals surface area contributed by atoms with Gasteiger partial charge in [-0.05, 0) is 47.7 Å². The Balaban J connectivity index is 1.82. The minimum Gasteiger partial charge on any atom is -0.478 e. The molecule has 18 heavy (non-hydrogen) atoms. The van der Waals surface area contributed by atoms with Gasteiger partial charge in [0.1, 0.15) is 0 Å². The van der Waals surface area contributed by atoms with Gasteiger partial charge in [0.25, 0.3) is 0 Å². The van der Waals surface area contributed by atoms with Crippen molar-refractivity contribution in [2.75, 3.05) is 11.4 Å². The summed E-state index contributed by atoms with van der Waals surface area (Å²) in [4.78, 5) is 14.6. The van der Waals surface area contributed by atoms with E-state index in [0.29, 0.717) is 5.56 Å². The van der Waals surface area contributed by atoms with Crippen LogP contribution in [0.4, 0.5) is 5.69 Å². The first-order chi connectivity index (χ1) is 8.74. The number of anilines is 1. The van der Waals surface area contributed by atoms with Crippen LogP contribution in [0.2, 0.25) is 0 Å². The van der Waals surface area contributed by atoms with Crippen LogP contribution in [-0.2, 0) is 13.0 Å². The van der Waals surface area contributed by atoms with Crippen molar-refractivity contribution >= 4 is 23.0 Å². The molecule has 0 aliphatic carbocycles. The highest BCUT2D eigenvalue weighted by Gasteiger charge is 2.17. The summed E-state index contributed by atoms with van der Waals surface area (Å²) in [7, 11) is 0. The molecule has 0 bridgehead atoms. The summed E-state index contributed by atoms with van der Waals surface area (Å²) < 4.78 is 0. The maximum atomic E-state index is 10.8. The lowest BCUT2D eigenvalue weighted by atomic mass is 10.1. The molecular formula is C14H13NO2S. The Morgan fingerprint density at radius 3 is 2.72 bits per heavy atom. The average Bonchev–Trinajstić information content (AvgIpc) is 2.86. The van der Waals surface area contributed by atoms with Crippen LogP contribution in [0.25, 0.3) is 0 Å². The van der Waals surface area contributed by atoms with Gasteiger partial charge in [-0.1, -0.05) is 0 Å². The maximum Gasteiger partial charge on any atom is 0.335 e. The third-order valence-corrected chi connectivity index (χ3v) is 4.31. The number of thiophene rings is 1. The summed E-state index contributed by atoms with van der Waals surface area (Å²) in [6, 6.07) is 9.29. The first-order valence-electron chi connectivity index (χ1n) is 5.87. The van der Waals surface area contributed by atoms with Gasteiger partial charge in [-0.25, -0.2) is 4.79 Å². The third kappa shape index (κ3) is 1.99. The second-order valence-corrected chi connectivity index (χ2v) is 5.39. The topological polar surface area (TPSA) is 40.5 Å². The van der Waals surface area contributed by atoms with Gasteiger partial charge in [-0.15, -0.1) is 11.3 Å². The Bertz CT molecular complexity index is 574. The van der Waals surface area contributed by atoms with Crippen molar-refractivity contribution in [3.8, 4) is 0 Å². The van der Waals surface area contributed by atoms with E-state index in [1.165, 1.54) is 10.4 Å². The number of rotatable bonds is 2. The standard InChI is InChI=1S/C14H13NO2S/c16-14(17)10-1-3-12(4-2-10)15-7-5-13-11(9-15)6-8-18-13/h1-4,6,8H,5,7,9H2,(H,16,17). The average molecular weight is 259 g/mol. The number of fused-ring (bicyclic) bond motifs is 1. The third-order valence-electron chi connectivity index (χ3n) is 3.29. The highest BCUT2D eigenvalue weighted by atomic mass is 32.1. The molecule has 3 rings (SSSR count). The summed E-state index contributed by atoms with van der Waals surface area (Å²) in [5.41, 5.74) is 2.83. The predicted molar refractivity (Wildman–Crippen MR) is 72.5 cm³/mol. The van der Waals surface area contributed by atoms with E-state index in [4.69, 9.17) is 5.11 Å². The number of carbonyl (C=O) groups is 1. The van der Waals surface area contributed by atoms with Gasteiger partial charge in [0.2, 0.25) is 0 Å². The Morgan fingerprint density at radius 1 is 1.22 bits per heavy atom. The maximum absolute atomic E-state index is 10.8. The largest absolute Gasteiger partial charge is 0.478 e. The SMILES string of the molecule is O=C(O)c1ccc(N2CCc3sccc3C2)cc1. The van der Waals surface area contributed by atoms with E-state index in [0.717, 1.165) is 25.2 Å². The molecule has 4 heteroatoms. The first-order valence-corrected chi connectivity index (χ1v) is 6.75. The summed E-state index contributed by atoms with van der Waals surface area (Å²) in [5, 5.41) is 11.0. The zero-order chi connectivity index (χ0) is 12.5. The van der Waals surface area contributed by atoms with Crippen molar-refractivity contribution in [2.45, 2.75) is 13.0 Å². The monoisotopic (exact) mass is 259 g/mol. The van der Waals surface area contributed by atoms with Gasteiger partial charge in [-0.2, -0.15) is 0 Å². The second-order valence-electron chi connectivity index (χ2n) is 4.39. The number of hydrogen-bond acceptors (Lipinski definition) is 3. The van der Waals surface area contributed by atoms with Crippen LogP contribution in [0.3, 0.4) is 0 Å². The van der Waals surface area contributed by atoms with Crippen LogP contribution in [0.5, 0.6) is 0 Å². The fraction of sp³-hybridized carbons (Fsp3) is 0.214. The zero-order valence-corrected chi connectivity index (χ0v) is 10.6.